The maximum Gasteiger partial charge on any atom is 2.00 e. The molecule has 0 N–H and O–H groups in total. The topological polar surface area (TPSA) is 80.3 Å². The molecule has 1 aromatic carbocycles. The molecule has 0 saturated carbocycles. The third-order valence-electron chi connectivity index (χ3n) is 6.98. The van der Waals surface area contributed by atoms with Crippen molar-refractivity contribution in [2.75, 3.05) is 0 Å². The van der Waals surface area contributed by atoms with Gasteiger partial charge in [-0.3, -0.25) is 0 Å². The number of unbranched alkanes of at least 4 members (excludes halogenated alkanes) is 18. The quantitative estimate of drug-likeness (QED) is 0.0839. The van der Waals surface area contributed by atoms with Crippen molar-refractivity contribution in [2.45, 2.75) is 182 Å². The summed E-state index contributed by atoms with van der Waals surface area (Å²) < 4.78 is 0. The van der Waals surface area contributed by atoms with E-state index >= 15 is 0 Å². The Morgan fingerprint density at radius 2 is 0.907 bits per heavy atom. The van der Waals surface area contributed by atoms with Gasteiger partial charge in [-0.05, 0) is 31.2 Å². The van der Waals surface area contributed by atoms with Gasteiger partial charge in [0.25, 0.3) is 0 Å². The van der Waals surface area contributed by atoms with Crippen molar-refractivity contribution in [1.82, 2.24) is 0 Å². The standard InChI is InChI=1S/C19H38O2.C11H14O2.2C4H9.Sn/c1-2-3-4-5-6-7-8-9-10-11-12-13-14-15-16-17-18-19(20)21;1-2-3-6-9-7-4-5-8-10(9)11(12)13;2*1-3-4-2;/h2-18H2,1H3,(H,20,21);4-5,7-8H,2-3,6H2,1H3,(H,12,13);2*1,3-4H2,2H3;/q;;;;+2/p-2. The minimum atomic E-state index is -1.08. The summed E-state index contributed by atoms with van der Waals surface area (Å²) in [5.41, 5.74) is 1.21. The Hall–Kier alpha value is -1.04. The number of carboxylic acids is 2. The second-order valence-corrected chi connectivity index (χ2v) is 11.2. The van der Waals surface area contributed by atoms with Gasteiger partial charge < -0.3 is 19.8 Å². The molecular weight excluding hydrogens is 639 g/mol. The van der Waals surface area contributed by atoms with Crippen LogP contribution in [0.2, 0.25) is 0 Å². The number of carboxylic acid groups (broad SMARTS) is 2. The van der Waals surface area contributed by atoms with E-state index in [4.69, 9.17) is 0 Å². The van der Waals surface area contributed by atoms with Gasteiger partial charge in [-0.1, -0.05) is 194 Å². The van der Waals surface area contributed by atoms with Gasteiger partial charge >= 0.3 is 23.9 Å². The Labute approximate surface area is 285 Å². The summed E-state index contributed by atoms with van der Waals surface area (Å²) in [6.45, 7) is 15.8. The third-order valence-corrected chi connectivity index (χ3v) is 6.98. The van der Waals surface area contributed by atoms with Crippen LogP contribution in [-0.4, -0.2) is 35.8 Å². The first-order chi connectivity index (χ1) is 20.4. The molecule has 0 bridgehead atoms. The van der Waals surface area contributed by atoms with Gasteiger partial charge in [0.15, 0.2) is 0 Å². The first-order valence-corrected chi connectivity index (χ1v) is 17.4. The van der Waals surface area contributed by atoms with E-state index in [-0.39, 0.29) is 30.3 Å². The fourth-order valence-corrected chi connectivity index (χ4v) is 4.12. The molecule has 0 fully saturated rings. The predicted octanol–water partition coefficient (Wildman–Crippen LogP) is 9.64. The summed E-state index contributed by atoms with van der Waals surface area (Å²) in [5.74, 6) is -1.98. The number of aryl methyl sites for hydroxylation is 1. The number of rotatable bonds is 23. The molecule has 0 aliphatic heterocycles. The molecular formula is C38H68O4Sn. The fourth-order valence-electron chi connectivity index (χ4n) is 4.12. The molecule has 0 saturated heterocycles. The zero-order valence-electron chi connectivity index (χ0n) is 28.8. The molecule has 0 atom stereocenters. The van der Waals surface area contributed by atoms with Crippen LogP contribution in [0.1, 0.15) is 191 Å². The van der Waals surface area contributed by atoms with Gasteiger partial charge in [0.1, 0.15) is 0 Å². The van der Waals surface area contributed by atoms with Crippen molar-refractivity contribution >= 4 is 35.8 Å². The van der Waals surface area contributed by atoms with E-state index in [0.717, 1.165) is 50.5 Å². The smallest absolute Gasteiger partial charge is 0.550 e. The van der Waals surface area contributed by atoms with Gasteiger partial charge in [-0.25, -0.2) is 0 Å². The predicted molar refractivity (Wildman–Crippen MR) is 185 cm³/mol. The van der Waals surface area contributed by atoms with Crippen molar-refractivity contribution < 1.29 is 19.8 Å². The Morgan fingerprint density at radius 1 is 0.558 bits per heavy atom. The minimum Gasteiger partial charge on any atom is -0.550 e. The van der Waals surface area contributed by atoms with Gasteiger partial charge in [0.05, 0.1) is 5.97 Å². The number of carbonyl (C=O) groups is 2. The van der Waals surface area contributed by atoms with Crippen molar-refractivity contribution in [2.24, 2.45) is 0 Å². The minimum absolute atomic E-state index is 0. The molecule has 0 aliphatic carbocycles. The van der Waals surface area contributed by atoms with Crippen LogP contribution in [0.3, 0.4) is 0 Å². The molecule has 5 heteroatoms. The molecule has 0 amide bonds. The normalized spacial score (nSPS) is 9.72. The molecule has 248 valence electrons. The van der Waals surface area contributed by atoms with E-state index in [2.05, 4.69) is 41.5 Å². The Kier molecular flexibility index (Phi) is 49.0. The number of aliphatic carboxylic acids is 1. The second kappa shape index (κ2) is 43.1. The first kappa shape index (κ1) is 48.9. The Balaban J connectivity index is -0.000000292. The maximum atomic E-state index is 10.7. The third kappa shape index (κ3) is 43.1. The van der Waals surface area contributed by atoms with Crippen molar-refractivity contribution in [1.29, 1.82) is 0 Å². The average Bonchev–Trinajstić information content (AvgIpc) is 3.00. The van der Waals surface area contributed by atoms with Gasteiger partial charge in [0, 0.05) is 11.5 Å². The molecule has 4 nitrogen and oxygen atoms in total. The molecule has 0 aliphatic rings. The van der Waals surface area contributed by atoms with Crippen molar-refractivity contribution in [3.63, 3.8) is 0 Å². The van der Waals surface area contributed by atoms with Gasteiger partial charge in [-0.15, -0.1) is 0 Å². The summed E-state index contributed by atoms with van der Waals surface area (Å²) in [6.07, 6.45) is 28.8. The molecule has 0 aromatic heterocycles. The first-order valence-electron chi connectivity index (χ1n) is 17.4. The summed E-state index contributed by atoms with van der Waals surface area (Å²) in [5, 5.41) is 20.9. The van der Waals surface area contributed by atoms with Crippen LogP contribution in [0.15, 0.2) is 24.3 Å². The van der Waals surface area contributed by atoms with Crippen LogP contribution in [0.25, 0.3) is 0 Å². The van der Waals surface area contributed by atoms with E-state index in [1.54, 1.807) is 12.1 Å². The monoisotopic (exact) mass is 708 g/mol. The number of hydrogen-bond acceptors (Lipinski definition) is 4. The summed E-state index contributed by atoms with van der Waals surface area (Å²) in [6, 6.07) is 7.03. The molecule has 1 rings (SSSR count). The summed E-state index contributed by atoms with van der Waals surface area (Å²) in [7, 11) is 0. The second-order valence-electron chi connectivity index (χ2n) is 11.2. The van der Waals surface area contributed by atoms with E-state index in [1.807, 2.05) is 12.1 Å². The van der Waals surface area contributed by atoms with Crippen LogP contribution < -0.4 is 10.2 Å². The largest absolute Gasteiger partial charge is 2.00 e. The summed E-state index contributed by atoms with van der Waals surface area (Å²) >= 11 is 0. The Bertz CT molecular complexity index is 670. The molecule has 0 heterocycles. The van der Waals surface area contributed by atoms with Crippen LogP contribution in [-0.2, 0) is 11.2 Å². The average molecular weight is 708 g/mol. The SMILES string of the molecule is CCCCCCCCCCCCCCCCCCC(=O)[O-].CCCCc1ccccc1C(=O)[O-].[CH2]CCC.[CH2]CCC.[Sn+2]. The van der Waals surface area contributed by atoms with E-state index in [1.165, 1.54) is 103 Å². The maximum absolute atomic E-state index is 10.7. The molecule has 0 spiro atoms. The zero-order chi connectivity index (χ0) is 32.1. The molecule has 0 unspecified atom stereocenters. The van der Waals surface area contributed by atoms with Crippen LogP contribution in [0, 0.1) is 13.8 Å². The number of carbonyl (C=O) groups excluding carboxylic acids is 2. The Morgan fingerprint density at radius 3 is 1.23 bits per heavy atom. The molecule has 1 aromatic rings. The number of hydrogen-bond donors (Lipinski definition) is 0. The van der Waals surface area contributed by atoms with Gasteiger partial charge in [-0.2, -0.15) is 0 Å². The van der Waals surface area contributed by atoms with Crippen LogP contribution >= 0.6 is 0 Å². The number of aromatic carboxylic acids is 1. The fraction of sp³-hybridized carbons (Fsp3) is 0.737. The molecule has 43 heavy (non-hydrogen) atoms. The van der Waals surface area contributed by atoms with Gasteiger partial charge in [0.2, 0.25) is 0 Å². The van der Waals surface area contributed by atoms with E-state index < -0.39 is 11.9 Å². The molecule has 4 radical (unpaired) electrons. The van der Waals surface area contributed by atoms with Crippen LogP contribution in [0.4, 0.5) is 0 Å². The van der Waals surface area contributed by atoms with E-state index in [0.29, 0.717) is 5.56 Å². The number of benzene rings is 1. The van der Waals surface area contributed by atoms with Crippen LogP contribution in [0.5, 0.6) is 0 Å². The zero-order valence-corrected chi connectivity index (χ0v) is 31.7. The van der Waals surface area contributed by atoms with E-state index in [9.17, 15) is 19.8 Å². The van der Waals surface area contributed by atoms with Crippen molar-refractivity contribution in [3.05, 3.63) is 49.2 Å². The summed E-state index contributed by atoms with van der Waals surface area (Å²) in [4.78, 5) is 20.9. The van der Waals surface area contributed by atoms with Crippen molar-refractivity contribution in [3.8, 4) is 0 Å².